The molecule has 218 valence electrons. The highest BCUT2D eigenvalue weighted by Crippen LogP contribution is 2.35. The minimum atomic E-state index is -0.487. The molecule has 40 heavy (non-hydrogen) atoms. The Bertz CT molecular complexity index is 1220. The first-order valence-corrected chi connectivity index (χ1v) is 14.1. The first kappa shape index (κ1) is 29.4. The number of likely N-dealkylation sites (N-methyl/N-ethyl adjacent to an activating group) is 1. The number of para-hydroxylation sites is 1. The van der Waals surface area contributed by atoms with E-state index >= 15 is 0 Å². The predicted molar refractivity (Wildman–Crippen MR) is 152 cm³/mol. The highest BCUT2D eigenvalue weighted by Gasteiger charge is 2.35. The summed E-state index contributed by atoms with van der Waals surface area (Å²) in [6.07, 6.45) is 4.92. The lowest BCUT2D eigenvalue weighted by atomic mass is 9.96. The molecule has 0 saturated heterocycles. The minimum Gasteiger partial charge on any atom is -0.485 e. The average Bonchev–Trinajstić information content (AvgIpc) is 3.28. The van der Waals surface area contributed by atoms with E-state index in [-0.39, 0.29) is 54.3 Å². The van der Waals surface area contributed by atoms with E-state index < -0.39 is 12.1 Å². The van der Waals surface area contributed by atoms with Crippen LogP contribution < -0.4 is 15.4 Å². The third-order valence-corrected chi connectivity index (χ3v) is 7.91. The van der Waals surface area contributed by atoms with Crippen LogP contribution in [0.1, 0.15) is 72.5 Å². The van der Waals surface area contributed by atoms with Gasteiger partial charge in [0, 0.05) is 32.6 Å². The average molecular weight is 555 g/mol. The number of carbonyl (C=O) groups is 3. The molecule has 3 atom stereocenters. The van der Waals surface area contributed by atoms with Gasteiger partial charge in [0.25, 0.3) is 11.8 Å². The number of aliphatic hydroxyl groups is 1. The second kappa shape index (κ2) is 12.7. The Kier molecular flexibility index (Phi) is 9.34. The molecule has 3 N–H and O–H groups in total. The molecule has 2 aromatic rings. The standard InChI is InChI=1S/C29H42N6O5/c1-18-15-35(20(3)17-36)28(38)22-12-9-13-23(31-27(37)24-14-19(2)32-34(24)5)26(22)40-25(18)16-33(4)29(39)30-21-10-7-6-8-11-21/h9,12-14,18,20-21,25,36H,6-8,10-11,15-17H2,1-5H3,(H,30,39)(H,31,37)/t18-,20-,25+/m1/s1. The number of ether oxygens (including phenoxy) is 1. The van der Waals surface area contributed by atoms with Gasteiger partial charge in [0.1, 0.15) is 11.8 Å². The van der Waals surface area contributed by atoms with Gasteiger partial charge in [-0.05, 0) is 44.9 Å². The maximum Gasteiger partial charge on any atom is 0.317 e. The van der Waals surface area contributed by atoms with Crippen LogP contribution in [0.3, 0.4) is 0 Å². The number of rotatable bonds is 7. The van der Waals surface area contributed by atoms with Gasteiger partial charge in [0.05, 0.1) is 36.1 Å². The zero-order valence-corrected chi connectivity index (χ0v) is 24.1. The van der Waals surface area contributed by atoms with Crippen molar-refractivity contribution < 1.29 is 24.2 Å². The van der Waals surface area contributed by atoms with Crippen molar-refractivity contribution in [2.75, 3.05) is 32.1 Å². The van der Waals surface area contributed by atoms with Crippen LogP contribution in [0.2, 0.25) is 0 Å². The van der Waals surface area contributed by atoms with E-state index in [1.165, 1.54) is 11.1 Å². The molecule has 1 aliphatic heterocycles. The molecule has 0 bridgehead atoms. The molecule has 2 heterocycles. The van der Waals surface area contributed by atoms with E-state index in [1.54, 1.807) is 62.0 Å². The smallest absolute Gasteiger partial charge is 0.317 e. The van der Waals surface area contributed by atoms with Gasteiger partial charge in [-0.1, -0.05) is 32.3 Å². The highest BCUT2D eigenvalue weighted by atomic mass is 16.5. The molecule has 0 spiro atoms. The van der Waals surface area contributed by atoms with Crippen molar-refractivity contribution in [3.05, 3.63) is 41.2 Å². The molecule has 4 rings (SSSR count). The van der Waals surface area contributed by atoms with Gasteiger partial charge < -0.3 is 30.3 Å². The molecule has 1 aliphatic carbocycles. The monoisotopic (exact) mass is 554 g/mol. The van der Waals surface area contributed by atoms with Crippen LogP contribution in [0.15, 0.2) is 24.3 Å². The predicted octanol–water partition coefficient (Wildman–Crippen LogP) is 3.18. The number of amides is 4. The van der Waals surface area contributed by atoms with Gasteiger partial charge in [-0.3, -0.25) is 14.3 Å². The molecular formula is C29H42N6O5. The molecule has 0 unspecified atom stereocenters. The maximum atomic E-state index is 13.7. The Morgan fingerprint density at radius 1 is 1.25 bits per heavy atom. The summed E-state index contributed by atoms with van der Waals surface area (Å²) in [5, 5.41) is 20.2. The number of fused-ring (bicyclic) bond motifs is 1. The van der Waals surface area contributed by atoms with Crippen LogP contribution >= 0.6 is 0 Å². The third kappa shape index (κ3) is 6.57. The fourth-order valence-corrected chi connectivity index (χ4v) is 5.45. The molecule has 1 aromatic heterocycles. The quantitative estimate of drug-likeness (QED) is 0.482. The van der Waals surface area contributed by atoms with Crippen LogP contribution in [0.25, 0.3) is 0 Å². The molecule has 0 radical (unpaired) electrons. The second-order valence-electron chi connectivity index (χ2n) is 11.2. The van der Waals surface area contributed by atoms with Gasteiger partial charge >= 0.3 is 6.03 Å². The number of benzene rings is 1. The first-order valence-electron chi connectivity index (χ1n) is 14.1. The zero-order valence-electron chi connectivity index (χ0n) is 24.1. The Labute approximate surface area is 235 Å². The van der Waals surface area contributed by atoms with E-state index in [1.807, 2.05) is 6.92 Å². The molecule has 11 heteroatoms. The summed E-state index contributed by atoms with van der Waals surface area (Å²) in [4.78, 5) is 43.2. The normalized spacial score (nSPS) is 20.6. The van der Waals surface area contributed by atoms with E-state index in [9.17, 15) is 19.5 Å². The number of carbonyl (C=O) groups excluding carboxylic acids is 3. The Hall–Kier alpha value is -3.60. The van der Waals surface area contributed by atoms with E-state index in [0.717, 1.165) is 25.7 Å². The third-order valence-electron chi connectivity index (χ3n) is 7.91. The van der Waals surface area contributed by atoms with Gasteiger partial charge in [0.2, 0.25) is 0 Å². The highest BCUT2D eigenvalue weighted by molar-refractivity contribution is 6.06. The van der Waals surface area contributed by atoms with Crippen molar-refractivity contribution in [2.24, 2.45) is 13.0 Å². The largest absolute Gasteiger partial charge is 0.485 e. The fourth-order valence-electron chi connectivity index (χ4n) is 5.45. The van der Waals surface area contributed by atoms with E-state index in [4.69, 9.17) is 4.74 Å². The van der Waals surface area contributed by atoms with Crippen LogP contribution in [0.5, 0.6) is 5.75 Å². The van der Waals surface area contributed by atoms with Crippen molar-refractivity contribution in [1.29, 1.82) is 0 Å². The number of aromatic nitrogens is 2. The number of nitrogens with zero attached hydrogens (tertiary/aromatic N) is 4. The lowest BCUT2D eigenvalue weighted by molar-refractivity contribution is 0.0367. The molecule has 1 fully saturated rings. The molecule has 1 saturated carbocycles. The number of aliphatic hydroxyl groups excluding tert-OH is 1. The van der Waals surface area contributed by atoms with Gasteiger partial charge in [-0.2, -0.15) is 5.10 Å². The lowest BCUT2D eigenvalue weighted by Gasteiger charge is -2.38. The first-order chi connectivity index (χ1) is 19.1. The number of anilines is 1. The molecular weight excluding hydrogens is 512 g/mol. The topological polar surface area (TPSA) is 129 Å². The summed E-state index contributed by atoms with van der Waals surface area (Å²) in [5.41, 5.74) is 1.71. The summed E-state index contributed by atoms with van der Waals surface area (Å²) < 4.78 is 8.03. The number of aryl methyl sites for hydroxylation is 2. The van der Waals surface area contributed by atoms with Crippen LogP contribution in [-0.4, -0.2) is 87.5 Å². The molecule has 11 nitrogen and oxygen atoms in total. The van der Waals surface area contributed by atoms with E-state index in [2.05, 4.69) is 15.7 Å². The summed E-state index contributed by atoms with van der Waals surface area (Å²) in [6.45, 7) is 5.99. The molecule has 2 aliphatic rings. The van der Waals surface area contributed by atoms with Crippen molar-refractivity contribution >= 4 is 23.5 Å². The summed E-state index contributed by atoms with van der Waals surface area (Å²) >= 11 is 0. The zero-order chi connectivity index (χ0) is 29.0. The number of urea groups is 1. The van der Waals surface area contributed by atoms with Crippen molar-refractivity contribution in [1.82, 2.24) is 24.9 Å². The van der Waals surface area contributed by atoms with Crippen molar-refractivity contribution in [2.45, 2.75) is 71.1 Å². The second-order valence-corrected chi connectivity index (χ2v) is 11.2. The number of nitrogens with one attached hydrogen (secondary N) is 2. The van der Waals surface area contributed by atoms with E-state index in [0.29, 0.717) is 23.6 Å². The lowest BCUT2D eigenvalue weighted by Crippen LogP contribution is -2.52. The van der Waals surface area contributed by atoms with Crippen LogP contribution in [0, 0.1) is 12.8 Å². The van der Waals surface area contributed by atoms with Gasteiger partial charge in [-0.15, -0.1) is 0 Å². The fraction of sp³-hybridized carbons (Fsp3) is 0.586. The summed E-state index contributed by atoms with van der Waals surface area (Å²) in [7, 11) is 3.43. The minimum absolute atomic E-state index is 0.158. The maximum absolute atomic E-state index is 13.7. The number of hydrogen-bond acceptors (Lipinski definition) is 6. The Morgan fingerprint density at radius 2 is 1.98 bits per heavy atom. The Morgan fingerprint density at radius 3 is 2.62 bits per heavy atom. The number of hydrogen-bond donors (Lipinski definition) is 3. The van der Waals surface area contributed by atoms with Crippen molar-refractivity contribution in [3.8, 4) is 5.75 Å². The van der Waals surface area contributed by atoms with Gasteiger partial charge in [0.15, 0.2) is 5.75 Å². The van der Waals surface area contributed by atoms with Crippen LogP contribution in [0.4, 0.5) is 10.5 Å². The SMILES string of the molecule is Cc1cc(C(=O)Nc2cccc3c2O[C@@H](CN(C)C(=O)NC2CCCCC2)[C@H](C)CN([C@H](C)CO)C3=O)n(C)n1. The summed E-state index contributed by atoms with van der Waals surface area (Å²) in [6, 6.07) is 6.32. The molecule has 1 aromatic carbocycles. The van der Waals surface area contributed by atoms with Crippen molar-refractivity contribution in [3.63, 3.8) is 0 Å². The summed E-state index contributed by atoms with van der Waals surface area (Å²) in [5.74, 6) is -0.617. The Balaban J connectivity index is 1.63. The molecule has 4 amide bonds. The van der Waals surface area contributed by atoms with Crippen LogP contribution in [-0.2, 0) is 7.05 Å². The van der Waals surface area contributed by atoms with Gasteiger partial charge in [-0.25, -0.2) is 4.79 Å².